The summed E-state index contributed by atoms with van der Waals surface area (Å²) in [6, 6.07) is 12.9. The predicted octanol–water partition coefficient (Wildman–Crippen LogP) is 3.54. The van der Waals surface area contributed by atoms with Gasteiger partial charge in [0.25, 0.3) is 0 Å². The molecule has 3 atom stereocenters. The van der Waals surface area contributed by atoms with Crippen LogP contribution in [0.25, 0.3) is 10.8 Å². The summed E-state index contributed by atoms with van der Waals surface area (Å²) in [6.07, 6.45) is 6.15. The van der Waals surface area contributed by atoms with E-state index in [0.29, 0.717) is 18.3 Å². The number of benzene rings is 1. The highest BCUT2D eigenvalue weighted by Gasteiger charge is 2.43. The molecule has 5 rings (SSSR count). The lowest BCUT2D eigenvalue weighted by molar-refractivity contribution is 0.149. The molecule has 2 fully saturated rings. The fourth-order valence-corrected chi connectivity index (χ4v) is 4.83. The van der Waals surface area contributed by atoms with Crippen molar-refractivity contribution in [2.45, 2.75) is 25.4 Å². The lowest BCUT2D eigenvalue weighted by Gasteiger charge is -2.28. The Morgan fingerprint density at radius 2 is 2.03 bits per heavy atom. The van der Waals surface area contributed by atoms with E-state index in [1.165, 1.54) is 19.4 Å². The first-order valence-electron chi connectivity index (χ1n) is 10.3. The molecule has 6 heteroatoms. The molecule has 3 aromatic rings. The van der Waals surface area contributed by atoms with Crippen molar-refractivity contribution in [1.29, 1.82) is 0 Å². The van der Waals surface area contributed by atoms with Gasteiger partial charge in [-0.15, -0.1) is 0 Å². The van der Waals surface area contributed by atoms with Crippen LogP contribution in [0.2, 0.25) is 0 Å². The van der Waals surface area contributed by atoms with E-state index >= 15 is 0 Å². The molecule has 29 heavy (non-hydrogen) atoms. The Kier molecular flexibility index (Phi) is 4.72. The van der Waals surface area contributed by atoms with E-state index in [0.717, 1.165) is 46.5 Å². The highest BCUT2D eigenvalue weighted by atomic mass is 16.5. The van der Waals surface area contributed by atoms with Gasteiger partial charge in [0.1, 0.15) is 5.82 Å². The average Bonchev–Trinajstić information content (AvgIpc) is 3.30. The van der Waals surface area contributed by atoms with Gasteiger partial charge in [-0.25, -0.2) is 9.97 Å². The highest BCUT2D eigenvalue weighted by Crippen LogP contribution is 2.41. The zero-order chi connectivity index (χ0) is 19.8. The fraction of sp³-hybridized carbons (Fsp3) is 0.391. The predicted molar refractivity (Wildman–Crippen MR) is 116 cm³/mol. The van der Waals surface area contributed by atoms with E-state index < -0.39 is 0 Å². The van der Waals surface area contributed by atoms with Gasteiger partial charge >= 0.3 is 0 Å². The molecule has 1 saturated carbocycles. The summed E-state index contributed by atoms with van der Waals surface area (Å²) in [5.41, 5.74) is 8.13. The Labute approximate surface area is 171 Å². The number of fused-ring (bicyclic) bond motifs is 3. The Bertz CT molecular complexity index is 1020. The molecule has 1 aliphatic heterocycles. The highest BCUT2D eigenvalue weighted by molar-refractivity contribution is 5.92. The summed E-state index contributed by atoms with van der Waals surface area (Å²) in [6.45, 7) is 2.70. The van der Waals surface area contributed by atoms with Crippen LogP contribution in [0.5, 0.6) is 5.88 Å². The maximum atomic E-state index is 6.06. The lowest BCUT2D eigenvalue weighted by Crippen LogP contribution is -2.34. The van der Waals surface area contributed by atoms with Gasteiger partial charge in [-0.2, -0.15) is 0 Å². The minimum atomic E-state index is 0.562. The van der Waals surface area contributed by atoms with Crippen LogP contribution in [-0.2, 0) is 6.54 Å². The summed E-state index contributed by atoms with van der Waals surface area (Å²) in [4.78, 5) is 11.0. The third-order valence-electron chi connectivity index (χ3n) is 6.50. The number of hydrogen-bond donors (Lipinski definition) is 2. The van der Waals surface area contributed by atoms with Crippen molar-refractivity contribution in [1.82, 2.24) is 14.9 Å². The molecule has 1 aromatic carbocycles. The number of hydrogen-bond acceptors (Lipinski definition) is 6. The van der Waals surface area contributed by atoms with Gasteiger partial charge in [-0.3, -0.25) is 0 Å². The van der Waals surface area contributed by atoms with Crippen LogP contribution in [0.3, 0.4) is 0 Å². The van der Waals surface area contributed by atoms with Gasteiger partial charge in [-0.05, 0) is 73.0 Å². The third kappa shape index (κ3) is 3.72. The maximum absolute atomic E-state index is 6.06. The van der Waals surface area contributed by atoms with E-state index in [9.17, 15) is 0 Å². The molecular formula is C23H27N5O. The second-order valence-electron chi connectivity index (χ2n) is 8.38. The van der Waals surface area contributed by atoms with Crippen molar-refractivity contribution in [2.75, 3.05) is 31.2 Å². The number of likely N-dealkylation sites (tertiary alicyclic amines) is 1. The number of anilines is 2. The van der Waals surface area contributed by atoms with Gasteiger partial charge in [0.2, 0.25) is 5.88 Å². The largest absolute Gasteiger partial charge is 0.477 e. The number of ether oxygens (including phenoxy) is 1. The van der Waals surface area contributed by atoms with Crippen molar-refractivity contribution in [3.63, 3.8) is 0 Å². The van der Waals surface area contributed by atoms with E-state index in [1.807, 2.05) is 36.5 Å². The maximum Gasteiger partial charge on any atom is 0.213 e. The van der Waals surface area contributed by atoms with Gasteiger partial charge in [0.05, 0.1) is 6.61 Å². The molecule has 0 amide bonds. The van der Waals surface area contributed by atoms with Crippen molar-refractivity contribution >= 4 is 22.3 Å². The molecule has 2 aliphatic rings. The number of pyridine rings is 2. The number of aromatic nitrogens is 2. The molecule has 0 radical (unpaired) electrons. The van der Waals surface area contributed by atoms with Gasteiger partial charge < -0.3 is 20.7 Å². The zero-order valence-electron chi connectivity index (χ0n) is 16.7. The smallest absolute Gasteiger partial charge is 0.213 e. The summed E-state index contributed by atoms with van der Waals surface area (Å²) in [7, 11) is 2.24. The summed E-state index contributed by atoms with van der Waals surface area (Å²) in [5, 5.41) is 5.53. The normalized spacial score (nSPS) is 23.6. The summed E-state index contributed by atoms with van der Waals surface area (Å²) >= 11 is 0. The van der Waals surface area contributed by atoms with E-state index in [-0.39, 0.29) is 0 Å². The molecule has 2 bridgehead atoms. The van der Waals surface area contributed by atoms with Gasteiger partial charge in [0, 0.05) is 48.7 Å². The number of nitrogens with two attached hydrogens (primary N) is 1. The van der Waals surface area contributed by atoms with Crippen molar-refractivity contribution in [2.24, 2.45) is 11.8 Å². The van der Waals surface area contributed by atoms with Crippen molar-refractivity contribution in [3.8, 4) is 5.88 Å². The van der Waals surface area contributed by atoms with Crippen LogP contribution >= 0.6 is 0 Å². The quantitative estimate of drug-likeness (QED) is 0.672. The topological polar surface area (TPSA) is 76.3 Å². The first-order valence-corrected chi connectivity index (χ1v) is 10.3. The summed E-state index contributed by atoms with van der Waals surface area (Å²) < 4.78 is 6.06. The van der Waals surface area contributed by atoms with E-state index in [4.69, 9.17) is 10.5 Å². The fourth-order valence-electron chi connectivity index (χ4n) is 4.83. The Morgan fingerprint density at radius 1 is 1.14 bits per heavy atom. The van der Waals surface area contributed by atoms with Crippen LogP contribution < -0.4 is 15.8 Å². The average molecular weight is 390 g/mol. The number of nitrogens with one attached hydrogen (secondary N) is 1. The van der Waals surface area contributed by atoms with Crippen molar-refractivity contribution in [3.05, 3.63) is 54.4 Å². The Hall–Kier alpha value is -2.86. The van der Waals surface area contributed by atoms with Crippen LogP contribution in [0.1, 0.15) is 18.4 Å². The monoisotopic (exact) mass is 389 g/mol. The molecule has 6 nitrogen and oxygen atoms in total. The third-order valence-corrected chi connectivity index (χ3v) is 6.50. The minimum Gasteiger partial charge on any atom is -0.477 e. The van der Waals surface area contributed by atoms with Gasteiger partial charge in [0.15, 0.2) is 0 Å². The lowest BCUT2D eigenvalue weighted by atomic mass is 9.96. The Morgan fingerprint density at radius 3 is 2.86 bits per heavy atom. The van der Waals surface area contributed by atoms with Crippen LogP contribution in [0.15, 0.2) is 48.8 Å². The molecule has 150 valence electrons. The van der Waals surface area contributed by atoms with Crippen LogP contribution in [-0.4, -0.2) is 41.1 Å². The molecular weight excluding hydrogens is 362 g/mol. The second-order valence-corrected chi connectivity index (χ2v) is 8.38. The molecule has 1 aliphatic carbocycles. The van der Waals surface area contributed by atoms with Gasteiger partial charge in [-0.1, -0.05) is 0 Å². The molecule has 1 saturated heterocycles. The van der Waals surface area contributed by atoms with Crippen LogP contribution in [0, 0.1) is 11.8 Å². The summed E-state index contributed by atoms with van der Waals surface area (Å²) in [5.74, 6) is 2.73. The molecule has 0 spiro atoms. The molecule has 3 N–H and O–H groups in total. The molecule has 2 aromatic heterocycles. The first kappa shape index (κ1) is 18.2. The number of nitrogen functional groups attached to an aromatic ring is 1. The molecule has 3 unspecified atom stereocenters. The Balaban J connectivity index is 1.19. The number of rotatable bonds is 6. The first-order chi connectivity index (χ1) is 14.2. The van der Waals surface area contributed by atoms with Crippen LogP contribution in [0.4, 0.5) is 11.5 Å². The standard InChI is InChI=1S/C23H27N5O/c1-28-13-17-10-20(28)11-18(17)14-29-22-8-15(4-6-25-22)12-27-19-2-3-21-16(9-19)5-7-26-23(21)24/h2-9,17-18,20,27H,10-14H2,1H3,(H2,24,26). The molecule has 3 heterocycles. The zero-order valence-corrected chi connectivity index (χ0v) is 16.7. The number of nitrogens with zero attached hydrogens (tertiary/aromatic N) is 3. The van der Waals surface area contributed by atoms with E-state index in [2.05, 4.69) is 33.3 Å². The van der Waals surface area contributed by atoms with Crippen molar-refractivity contribution < 1.29 is 4.74 Å². The number of piperidine rings is 1. The SMILES string of the molecule is CN1CC2CC1CC2COc1cc(CNc2ccc3c(N)nccc3c2)ccn1. The van der Waals surface area contributed by atoms with E-state index in [1.54, 1.807) is 6.20 Å². The minimum absolute atomic E-state index is 0.562. The second kappa shape index (κ2) is 7.52.